The summed E-state index contributed by atoms with van der Waals surface area (Å²) in [6.07, 6.45) is -8.64. The number of allylic oxidation sites excluding steroid dienone is 1. The van der Waals surface area contributed by atoms with Gasteiger partial charge in [0.25, 0.3) is 0 Å². The Hall–Kier alpha value is -2.42. The third-order valence-electron chi connectivity index (χ3n) is 5.07. The number of carbonyl (C=O) groups is 1. The lowest BCUT2D eigenvalue weighted by Crippen LogP contribution is -2.28. The standard InChI is InChI=1S/C24H16Cl3F6NO/c25-19-9-15(10-20(26)22(19)27)18(24(31,32)33)8-7-13-5-6-14(17-4-2-1-3-16(13)17)12-34-21(35)11-23(28,29)30/h1-10,18H,11-12H2,(H,34,35). The Morgan fingerprint density at radius 2 is 1.51 bits per heavy atom. The minimum absolute atomic E-state index is 0.0501. The van der Waals surface area contributed by atoms with Crippen LogP contribution >= 0.6 is 34.8 Å². The second-order valence-corrected chi connectivity index (χ2v) is 8.80. The maximum absolute atomic E-state index is 13.9. The average molecular weight is 555 g/mol. The van der Waals surface area contributed by atoms with Gasteiger partial charge in [-0.05, 0) is 39.6 Å². The predicted octanol–water partition coefficient (Wildman–Crippen LogP) is 8.73. The molecule has 0 radical (unpaired) electrons. The number of nitrogens with one attached hydrogen (secondary N) is 1. The highest BCUT2D eigenvalue weighted by Crippen LogP contribution is 2.41. The summed E-state index contributed by atoms with van der Waals surface area (Å²) in [7, 11) is 0. The van der Waals surface area contributed by atoms with Crippen LogP contribution in [0.25, 0.3) is 16.8 Å². The third kappa shape index (κ3) is 7.06. The average Bonchev–Trinajstić information content (AvgIpc) is 2.74. The predicted molar refractivity (Wildman–Crippen MR) is 126 cm³/mol. The molecule has 0 aliphatic rings. The van der Waals surface area contributed by atoms with E-state index in [1.165, 1.54) is 18.2 Å². The van der Waals surface area contributed by atoms with E-state index in [9.17, 15) is 31.1 Å². The van der Waals surface area contributed by atoms with Gasteiger partial charge < -0.3 is 5.32 Å². The lowest BCUT2D eigenvalue weighted by Gasteiger charge is -2.18. The molecule has 0 aliphatic carbocycles. The molecule has 35 heavy (non-hydrogen) atoms. The van der Waals surface area contributed by atoms with Crippen molar-refractivity contribution < 1.29 is 31.1 Å². The van der Waals surface area contributed by atoms with Gasteiger partial charge in [-0.25, -0.2) is 0 Å². The van der Waals surface area contributed by atoms with Gasteiger partial charge in [-0.3, -0.25) is 4.79 Å². The van der Waals surface area contributed by atoms with Crippen molar-refractivity contribution in [2.24, 2.45) is 0 Å². The fourth-order valence-electron chi connectivity index (χ4n) is 3.49. The summed E-state index contributed by atoms with van der Waals surface area (Å²) in [6.45, 7) is -0.174. The zero-order chi connectivity index (χ0) is 26.0. The monoisotopic (exact) mass is 553 g/mol. The molecule has 0 heterocycles. The molecule has 2 nitrogen and oxygen atoms in total. The van der Waals surface area contributed by atoms with Gasteiger partial charge in [-0.15, -0.1) is 0 Å². The van der Waals surface area contributed by atoms with Gasteiger partial charge in [-0.2, -0.15) is 26.3 Å². The largest absolute Gasteiger partial charge is 0.399 e. The van der Waals surface area contributed by atoms with E-state index < -0.39 is 30.6 Å². The fraction of sp³-hybridized carbons (Fsp3) is 0.208. The van der Waals surface area contributed by atoms with Crippen LogP contribution in [0.1, 0.15) is 29.0 Å². The van der Waals surface area contributed by atoms with Crippen molar-refractivity contribution in [2.45, 2.75) is 31.2 Å². The van der Waals surface area contributed by atoms with Crippen molar-refractivity contribution >= 4 is 57.6 Å². The lowest BCUT2D eigenvalue weighted by molar-refractivity contribution is -0.153. The topological polar surface area (TPSA) is 29.1 Å². The first-order valence-corrected chi connectivity index (χ1v) is 11.1. The molecule has 0 spiro atoms. The number of halogens is 9. The SMILES string of the molecule is O=C(CC(F)(F)F)NCc1ccc(C=CC(c2cc(Cl)c(Cl)c(Cl)c2)C(F)(F)F)c2ccccc12. The van der Waals surface area contributed by atoms with Crippen molar-refractivity contribution in [3.05, 3.63) is 86.4 Å². The van der Waals surface area contributed by atoms with Crippen LogP contribution in [0.3, 0.4) is 0 Å². The van der Waals surface area contributed by atoms with Gasteiger partial charge in [-0.1, -0.05) is 83.4 Å². The molecule has 1 N–H and O–H groups in total. The van der Waals surface area contributed by atoms with Gasteiger partial charge in [0.2, 0.25) is 5.91 Å². The van der Waals surface area contributed by atoms with E-state index in [0.29, 0.717) is 21.9 Å². The van der Waals surface area contributed by atoms with Crippen LogP contribution in [0.5, 0.6) is 0 Å². The number of fused-ring (bicyclic) bond motifs is 1. The Balaban J connectivity index is 1.94. The van der Waals surface area contributed by atoms with E-state index >= 15 is 0 Å². The normalized spacial score (nSPS) is 13.4. The summed E-state index contributed by atoms with van der Waals surface area (Å²) >= 11 is 17.7. The molecule has 3 aromatic carbocycles. The molecule has 3 aromatic rings. The second-order valence-electron chi connectivity index (χ2n) is 7.61. The number of hydrogen-bond donors (Lipinski definition) is 1. The molecule has 0 aromatic heterocycles. The first-order chi connectivity index (χ1) is 16.3. The van der Waals surface area contributed by atoms with Crippen LogP contribution < -0.4 is 5.32 Å². The number of alkyl halides is 6. The summed E-state index contributed by atoms with van der Waals surface area (Å²) in [4.78, 5) is 11.5. The fourth-order valence-corrected chi connectivity index (χ4v) is 4.10. The quantitative estimate of drug-likeness (QED) is 0.240. The van der Waals surface area contributed by atoms with Gasteiger partial charge >= 0.3 is 12.4 Å². The molecule has 0 saturated heterocycles. The molecule has 11 heteroatoms. The first kappa shape index (κ1) is 27.2. The summed E-state index contributed by atoms with van der Waals surface area (Å²) < 4.78 is 78.7. The second kappa shape index (κ2) is 10.7. The van der Waals surface area contributed by atoms with Crippen molar-refractivity contribution in [1.29, 1.82) is 0 Å². The number of benzene rings is 3. The molecular weight excluding hydrogens is 539 g/mol. The highest BCUT2D eigenvalue weighted by molar-refractivity contribution is 6.48. The minimum atomic E-state index is -4.66. The minimum Gasteiger partial charge on any atom is -0.352 e. The van der Waals surface area contributed by atoms with E-state index in [1.807, 2.05) is 0 Å². The van der Waals surface area contributed by atoms with Crippen LogP contribution in [-0.4, -0.2) is 18.3 Å². The maximum atomic E-state index is 13.9. The third-order valence-corrected chi connectivity index (χ3v) is 6.27. The molecule has 0 fully saturated rings. The molecule has 0 aliphatic heterocycles. The van der Waals surface area contributed by atoms with Crippen molar-refractivity contribution in [1.82, 2.24) is 5.32 Å². The zero-order valence-corrected chi connectivity index (χ0v) is 19.8. The maximum Gasteiger partial charge on any atom is 0.399 e. The highest BCUT2D eigenvalue weighted by atomic mass is 35.5. The van der Waals surface area contributed by atoms with Gasteiger partial charge in [0.05, 0.1) is 21.0 Å². The smallest absolute Gasteiger partial charge is 0.352 e. The summed E-state index contributed by atoms with van der Waals surface area (Å²) in [5, 5.41) is 3.07. The lowest BCUT2D eigenvalue weighted by atomic mass is 9.95. The summed E-state index contributed by atoms with van der Waals surface area (Å²) in [5.74, 6) is -3.21. The highest BCUT2D eigenvalue weighted by Gasteiger charge is 2.39. The number of hydrogen-bond acceptors (Lipinski definition) is 1. The van der Waals surface area contributed by atoms with Crippen LogP contribution in [0.15, 0.2) is 54.6 Å². The van der Waals surface area contributed by atoms with Crippen LogP contribution in [0, 0.1) is 0 Å². The Bertz CT molecular complexity index is 1250. The van der Waals surface area contributed by atoms with Crippen molar-refractivity contribution in [3.8, 4) is 0 Å². The molecule has 186 valence electrons. The molecule has 0 bridgehead atoms. The van der Waals surface area contributed by atoms with Gasteiger partial charge in [0.15, 0.2) is 0 Å². The molecule has 3 rings (SSSR count). The van der Waals surface area contributed by atoms with Crippen LogP contribution in [0.2, 0.25) is 15.1 Å². The zero-order valence-electron chi connectivity index (χ0n) is 17.6. The number of carbonyl (C=O) groups excluding carboxylic acids is 1. The molecule has 1 amide bonds. The van der Waals surface area contributed by atoms with Crippen molar-refractivity contribution in [3.63, 3.8) is 0 Å². The molecule has 0 saturated carbocycles. The Morgan fingerprint density at radius 1 is 0.914 bits per heavy atom. The Kier molecular flexibility index (Phi) is 8.29. The van der Waals surface area contributed by atoms with Gasteiger partial charge in [0.1, 0.15) is 6.42 Å². The van der Waals surface area contributed by atoms with Crippen LogP contribution in [-0.2, 0) is 11.3 Å². The van der Waals surface area contributed by atoms with E-state index in [0.717, 1.165) is 18.2 Å². The molecule has 1 unspecified atom stereocenters. The van der Waals surface area contributed by atoms with E-state index in [-0.39, 0.29) is 27.2 Å². The van der Waals surface area contributed by atoms with E-state index in [1.54, 1.807) is 24.3 Å². The number of amides is 1. The van der Waals surface area contributed by atoms with E-state index in [4.69, 9.17) is 34.8 Å². The van der Waals surface area contributed by atoms with E-state index in [2.05, 4.69) is 5.32 Å². The number of rotatable bonds is 6. The summed E-state index contributed by atoms with van der Waals surface area (Å²) in [5.41, 5.74) is 0.754. The van der Waals surface area contributed by atoms with Crippen molar-refractivity contribution in [2.75, 3.05) is 0 Å². The Labute approximate surface area is 211 Å². The molecular formula is C24H16Cl3F6NO. The molecule has 1 atom stereocenters. The summed E-state index contributed by atoms with van der Waals surface area (Å²) in [6, 6.07) is 11.9. The van der Waals surface area contributed by atoms with Gasteiger partial charge in [0, 0.05) is 6.54 Å². The van der Waals surface area contributed by atoms with Crippen LogP contribution in [0.4, 0.5) is 26.3 Å². The first-order valence-electron chi connectivity index (χ1n) is 9.99. The Morgan fingerprint density at radius 3 is 2.09 bits per heavy atom.